The number of nitrogens with two attached hydrogens (primary N) is 12. The van der Waals surface area contributed by atoms with E-state index in [1.165, 1.54) is 0 Å². The standard InChI is InChI=1S/C82H139N27O29/c1-4-6-9-35-95-64(121)32-13-42(83)71(125)100-51(22-33-65(122)96-36-10-7-5-2)79(133)108-52(23-34-66(123)97-37-11-8-12-38-137-68(54(112)40-110)69-67(98-41(3)111)53(109-82(93)94)39-55(138-69)81(135)136)80(134)107-50(21-31-63(91)120)78(132)106-49(20-30-62(90)119)77(131)105-48(19-29-61(89)118)76(130)104-47(18-28-60(88)117)75(129)103-46(17-27-59(87)116)74(128)102-45(16-26-58(86)115)73(127)101-44(15-25-57(85)114)72(126)99-43(70(92)124)14-24-56(84)113/h39,42-54,67-69,110,112H,4-38,40,83H2,1-3H3,(H2,84,113)(H2,85,114)(H2,86,115)(H2,87,116)(H2,88,117)(H2,89,118)(H2,90,119)(H2,91,120)(H2,92,124)(H,95,121)(H,96,122)(H,97,123)(H,98,111)(H,99,126)(H,100,125)(H,101,127)(H,102,128)(H,103,129)(H,104,130)(H,105,131)(H,106,132)(H,107,134)(H,108,133)(H,135,136)(H4,93,94,109)/t42-,43-,44-,45-,46-,47-,48-,49-,50-,51-,52-,53-,54+,67+,68+,69+/m0/s1. The van der Waals surface area contributed by atoms with Crippen LogP contribution in [0.25, 0.3) is 0 Å². The molecule has 0 spiro atoms. The van der Waals surface area contributed by atoms with Crippen molar-refractivity contribution in [3.8, 4) is 0 Å². The van der Waals surface area contributed by atoms with Crippen molar-refractivity contribution in [1.82, 2.24) is 74.4 Å². The predicted molar refractivity (Wildman–Crippen MR) is 484 cm³/mol. The Morgan fingerprint density at radius 3 is 0.884 bits per heavy atom. The topological polar surface area (TPSA) is 982 Å². The van der Waals surface area contributed by atoms with Crippen LogP contribution in [0.2, 0.25) is 0 Å². The molecule has 138 heavy (non-hydrogen) atoms. The molecule has 41 N–H and O–H groups in total. The van der Waals surface area contributed by atoms with Crippen LogP contribution in [0.5, 0.6) is 0 Å². The molecule has 1 heterocycles. The van der Waals surface area contributed by atoms with Crippen LogP contribution in [0.1, 0.15) is 220 Å². The number of aliphatic imine (C=N–C) groups is 1. The average Bonchev–Trinajstić information content (AvgIpc) is 0.786. The molecule has 23 amide bonds. The molecule has 1 aliphatic heterocycles. The van der Waals surface area contributed by atoms with E-state index in [-0.39, 0.29) is 51.8 Å². The van der Waals surface area contributed by atoms with Crippen molar-refractivity contribution in [2.45, 2.75) is 317 Å². The van der Waals surface area contributed by atoms with Crippen molar-refractivity contribution in [2.24, 2.45) is 73.8 Å². The van der Waals surface area contributed by atoms with E-state index in [2.05, 4.69) is 79.4 Å². The molecule has 0 fully saturated rings. The first kappa shape index (κ1) is 122. The van der Waals surface area contributed by atoms with Crippen LogP contribution in [-0.4, -0.2) is 293 Å². The quantitative estimate of drug-likeness (QED) is 0.0153. The molecule has 0 unspecified atom stereocenters. The van der Waals surface area contributed by atoms with E-state index < -0.39 is 385 Å². The van der Waals surface area contributed by atoms with Crippen molar-refractivity contribution in [3.63, 3.8) is 0 Å². The summed E-state index contributed by atoms with van der Waals surface area (Å²) in [5.74, 6) is -27.9. The number of unbranched alkanes of at least 4 members (excludes halogenated alkanes) is 6. The van der Waals surface area contributed by atoms with E-state index in [0.29, 0.717) is 19.4 Å². The highest BCUT2D eigenvalue weighted by molar-refractivity contribution is 6.01. The minimum atomic E-state index is -2.06. The highest BCUT2D eigenvalue weighted by atomic mass is 16.6. The number of carbonyl (C=O) groups excluding carboxylic acids is 23. The van der Waals surface area contributed by atoms with Gasteiger partial charge in [-0.1, -0.05) is 39.5 Å². The van der Waals surface area contributed by atoms with E-state index in [0.717, 1.165) is 38.7 Å². The number of carboxylic acids is 1. The summed E-state index contributed by atoms with van der Waals surface area (Å²) in [6.45, 7) is 4.31. The van der Waals surface area contributed by atoms with Gasteiger partial charge in [0.2, 0.25) is 142 Å². The molecule has 0 aromatic carbocycles. The molecule has 0 saturated heterocycles. The fourth-order valence-corrected chi connectivity index (χ4v) is 13.3. The van der Waals surface area contributed by atoms with Gasteiger partial charge in [-0.05, 0) is 109 Å². The number of nitrogens with zero attached hydrogens (tertiary/aromatic N) is 1. The Balaban J connectivity index is 4.06. The number of nitrogens with one attached hydrogen (secondary N) is 14. The van der Waals surface area contributed by atoms with E-state index in [4.69, 9.17) is 78.3 Å². The summed E-state index contributed by atoms with van der Waals surface area (Å²) in [5.41, 5.74) is 66.2. The molecule has 0 aromatic heterocycles. The lowest BCUT2D eigenvalue weighted by atomic mass is 9.92. The third-order valence-corrected chi connectivity index (χ3v) is 20.9. The van der Waals surface area contributed by atoms with Crippen molar-refractivity contribution >= 4 is 148 Å². The van der Waals surface area contributed by atoms with Gasteiger partial charge in [0.15, 0.2) is 12.1 Å². The van der Waals surface area contributed by atoms with Crippen LogP contribution < -0.4 is 143 Å². The second-order valence-electron chi connectivity index (χ2n) is 32.6. The number of carbonyl (C=O) groups is 24. The van der Waals surface area contributed by atoms with Crippen molar-refractivity contribution < 1.29 is 140 Å². The number of guanidine groups is 1. The first-order chi connectivity index (χ1) is 64.9. The number of amides is 23. The van der Waals surface area contributed by atoms with E-state index in [1.54, 1.807) is 0 Å². The number of hydrogen-bond acceptors (Lipinski definition) is 30. The van der Waals surface area contributed by atoms with Gasteiger partial charge in [-0.2, -0.15) is 0 Å². The maximum Gasteiger partial charge on any atom is 0.370 e. The Kier molecular flexibility index (Phi) is 58.7. The average molecular weight is 1970 g/mol. The SMILES string of the molecule is CCCCCNC(=O)CC[C@H](NC(=O)[C@@H](N)CCC(=O)NCCCCC)C(=O)N[C@@H](CCC(=O)NCCCCCO[C@@H]([C@@H]1OC(C(=O)O)=C[C@H](N=C(N)N)[C@H]1NC(C)=O)[C@H](O)CO)C(=O)N[C@@H](CCC(N)=O)C(=O)N[C@@H](CCC(N)=O)C(=O)N[C@@H](CCC(N)=O)C(=O)N[C@@H](CCC(N)=O)C(=O)N[C@@H](CCC(N)=O)C(=O)N[C@@H](CCC(N)=O)C(=O)N[C@@H](CCC(N)=O)C(=O)N[C@@H](CCC(N)=O)C(N)=O. The number of rotatable bonds is 75. The number of ether oxygens (including phenoxy) is 2. The predicted octanol–water partition coefficient (Wildman–Crippen LogP) is -12.7. The molecule has 0 aromatic rings. The number of hydrogen-bond donors (Lipinski definition) is 29. The second-order valence-corrected chi connectivity index (χ2v) is 32.6. The summed E-state index contributed by atoms with van der Waals surface area (Å²) in [5, 5.41) is 64.4. The molecule has 56 heteroatoms. The molecule has 1 rings (SSSR count). The van der Waals surface area contributed by atoms with Crippen LogP contribution in [0.4, 0.5) is 0 Å². The minimum absolute atomic E-state index is 0.0958. The third kappa shape index (κ3) is 52.1. The highest BCUT2D eigenvalue weighted by Gasteiger charge is 2.46. The Morgan fingerprint density at radius 2 is 0.630 bits per heavy atom. The number of aliphatic carboxylic acids is 1. The van der Waals surface area contributed by atoms with Gasteiger partial charge in [-0.15, -0.1) is 0 Å². The normalized spacial score (nSPS) is 15.9. The number of aliphatic hydroxyl groups excluding tert-OH is 2. The first-order valence-electron chi connectivity index (χ1n) is 45.0. The molecule has 16 atom stereocenters. The fraction of sp³-hybridized carbons (Fsp3) is 0.671. The number of primary amides is 9. The zero-order valence-electron chi connectivity index (χ0n) is 77.6. The zero-order valence-corrected chi connectivity index (χ0v) is 77.6. The Hall–Kier alpha value is -14.1. The largest absolute Gasteiger partial charge is 0.478 e. The van der Waals surface area contributed by atoms with Crippen LogP contribution >= 0.6 is 0 Å². The molecule has 56 nitrogen and oxygen atoms in total. The molecule has 0 bridgehead atoms. The Labute approximate surface area is 794 Å². The van der Waals surface area contributed by atoms with Crippen molar-refractivity contribution in [1.29, 1.82) is 0 Å². The van der Waals surface area contributed by atoms with Gasteiger partial charge in [-0.3, -0.25) is 110 Å². The lowest BCUT2D eigenvalue weighted by Gasteiger charge is -2.40. The Morgan fingerprint density at radius 1 is 0.370 bits per heavy atom. The van der Waals surface area contributed by atoms with Crippen LogP contribution in [0, 0.1) is 0 Å². The van der Waals surface area contributed by atoms with E-state index in [9.17, 15) is 130 Å². The van der Waals surface area contributed by atoms with Gasteiger partial charge < -0.3 is 168 Å². The summed E-state index contributed by atoms with van der Waals surface area (Å²) in [7, 11) is 0. The van der Waals surface area contributed by atoms with Gasteiger partial charge >= 0.3 is 5.97 Å². The van der Waals surface area contributed by atoms with E-state index in [1.807, 2.05) is 13.8 Å². The fourth-order valence-electron chi connectivity index (χ4n) is 13.3. The van der Waals surface area contributed by atoms with Crippen LogP contribution in [0.15, 0.2) is 16.8 Å². The van der Waals surface area contributed by atoms with Crippen molar-refractivity contribution in [2.75, 3.05) is 32.8 Å². The summed E-state index contributed by atoms with van der Waals surface area (Å²) in [4.78, 5) is 323. The Bertz CT molecular complexity index is 4250. The lowest BCUT2D eigenvalue weighted by Crippen LogP contribution is -2.61. The summed E-state index contributed by atoms with van der Waals surface area (Å²) in [6, 6.07) is -23.1. The summed E-state index contributed by atoms with van der Waals surface area (Å²) >= 11 is 0. The molecule has 0 radical (unpaired) electrons. The molecule has 0 aliphatic carbocycles. The van der Waals surface area contributed by atoms with Crippen molar-refractivity contribution in [3.05, 3.63) is 11.8 Å². The first-order valence-corrected chi connectivity index (χ1v) is 45.0. The maximum atomic E-state index is 15.0. The number of carboxylic acid groups (broad SMARTS) is 1. The van der Waals surface area contributed by atoms with Crippen LogP contribution in [-0.2, 0) is 125 Å². The number of aliphatic hydroxyl groups is 2. The van der Waals surface area contributed by atoms with Gasteiger partial charge in [0, 0.05) is 104 Å². The molecule has 1 aliphatic rings. The molecule has 776 valence electrons. The lowest BCUT2D eigenvalue weighted by molar-refractivity contribution is -0.153. The molecular weight excluding hydrogens is 1830 g/mol. The van der Waals surface area contributed by atoms with Gasteiger partial charge in [0.25, 0.3) is 0 Å². The smallest absolute Gasteiger partial charge is 0.370 e. The second kappa shape index (κ2) is 66.4. The summed E-state index contributed by atoms with van der Waals surface area (Å²) < 4.78 is 11.6. The van der Waals surface area contributed by atoms with Gasteiger partial charge in [0.1, 0.15) is 72.6 Å². The minimum Gasteiger partial charge on any atom is -0.478 e. The van der Waals surface area contributed by atoms with E-state index >= 15 is 0 Å². The maximum absolute atomic E-state index is 15.0. The third-order valence-electron chi connectivity index (χ3n) is 20.9. The van der Waals surface area contributed by atoms with Crippen LogP contribution in [0.3, 0.4) is 0 Å². The summed E-state index contributed by atoms with van der Waals surface area (Å²) in [6.07, 6.45) is -12.5. The monoisotopic (exact) mass is 1970 g/mol. The molecular formula is C82H139N27O29. The van der Waals surface area contributed by atoms with Gasteiger partial charge in [0.05, 0.1) is 24.7 Å². The van der Waals surface area contributed by atoms with Gasteiger partial charge in [-0.25, -0.2) is 9.79 Å². The zero-order chi connectivity index (χ0) is 104. The molecule has 0 saturated carbocycles. The highest BCUT2D eigenvalue weighted by Crippen LogP contribution is 2.27.